The Bertz CT molecular complexity index is 583. The maximum absolute atomic E-state index is 11.2. The largest absolute Gasteiger partial charge is 1.00 e. The third kappa shape index (κ3) is 3.81. The van der Waals surface area contributed by atoms with Gasteiger partial charge in [0.25, 0.3) is 4.34 Å². The van der Waals surface area contributed by atoms with Gasteiger partial charge < -0.3 is 21.7 Å². The highest BCUT2D eigenvalue weighted by Crippen LogP contribution is 2.27. The number of carbonyl (C=O) groups is 1. The van der Waals surface area contributed by atoms with Crippen molar-refractivity contribution in [1.82, 2.24) is 0 Å². The minimum absolute atomic E-state index is 0. The quantitative estimate of drug-likeness (QED) is 0.316. The minimum atomic E-state index is -0.206. The number of ether oxygens (including phenoxy) is 1. The highest BCUT2D eigenvalue weighted by atomic mass is 79.9. The van der Waals surface area contributed by atoms with Crippen molar-refractivity contribution >= 4 is 39.3 Å². The lowest BCUT2D eigenvalue weighted by molar-refractivity contribution is -0.692. The first-order valence-electron chi connectivity index (χ1n) is 5.48. The van der Waals surface area contributed by atoms with Crippen LogP contribution in [0.15, 0.2) is 41.3 Å². The maximum atomic E-state index is 11.2. The predicted molar refractivity (Wildman–Crippen MR) is 75.0 cm³/mol. The molecule has 1 heterocycles. The number of para-hydroxylation sites is 1. The Labute approximate surface area is 131 Å². The second kappa shape index (κ2) is 7.67. The van der Waals surface area contributed by atoms with Crippen molar-refractivity contribution in [2.24, 2.45) is 0 Å². The number of thioether (sulfide) groups is 1. The van der Waals surface area contributed by atoms with E-state index in [9.17, 15) is 4.79 Å². The smallest absolute Gasteiger partial charge is 0.316 e. The molecule has 0 saturated carbocycles. The number of allylic oxidation sites excluding steroid dienone is 1. The molecular formula is C13H14BrNO2S2. The number of halogens is 1. The second-order valence-corrected chi connectivity index (χ2v) is 5.85. The number of methoxy groups -OCH3 is 1. The topological polar surface area (TPSA) is 30.2 Å². The van der Waals surface area contributed by atoms with Crippen molar-refractivity contribution in [2.75, 3.05) is 12.9 Å². The molecule has 1 aromatic heterocycles. The van der Waals surface area contributed by atoms with Gasteiger partial charge >= 0.3 is 5.97 Å². The van der Waals surface area contributed by atoms with Crippen molar-refractivity contribution in [3.05, 3.63) is 36.9 Å². The fourth-order valence-electron chi connectivity index (χ4n) is 1.60. The van der Waals surface area contributed by atoms with Gasteiger partial charge in [0.1, 0.15) is 10.5 Å². The summed E-state index contributed by atoms with van der Waals surface area (Å²) in [6, 6.07) is 8.20. The molecule has 102 valence electrons. The Morgan fingerprint density at radius 3 is 2.95 bits per heavy atom. The van der Waals surface area contributed by atoms with Gasteiger partial charge in [-0.05, 0) is 23.9 Å². The number of aromatic nitrogens is 1. The third-order valence-corrected chi connectivity index (χ3v) is 4.84. The van der Waals surface area contributed by atoms with E-state index in [1.54, 1.807) is 11.3 Å². The first kappa shape index (κ1) is 16.2. The van der Waals surface area contributed by atoms with Crippen LogP contribution in [0.5, 0.6) is 0 Å². The zero-order chi connectivity index (χ0) is 13.0. The molecule has 0 atom stereocenters. The fraction of sp³-hybridized carbons (Fsp3) is 0.231. The van der Waals surface area contributed by atoms with Crippen molar-refractivity contribution in [1.29, 1.82) is 0 Å². The van der Waals surface area contributed by atoms with Gasteiger partial charge in [-0.3, -0.25) is 4.79 Å². The summed E-state index contributed by atoms with van der Waals surface area (Å²) in [5.41, 5.74) is 1.18. The van der Waals surface area contributed by atoms with Crippen LogP contribution in [0.25, 0.3) is 10.2 Å². The molecule has 3 nitrogen and oxygen atoms in total. The Morgan fingerprint density at radius 2 is 2.26 bits per heavy atom. The van der Waals surface area contributed by atoms with Crippen LogP contribution in [0, 0.1) is 0 Å². The van der Waals surface area contributed by atoms with E-state index < -0.39 is 0 Å². The number of benzene rings is 1. The van der Waals surface area contributed by atoms with E-state index in [2.05, 4.69) is 28.0 Å². The van der Waals surface area contributed by atoms with E-state index in [1.807, 2.05) is 18.2 Å². The van der Waals surface area contributed by atoms with Crippen LogP contribution in [-0.2, 0) is 16.1 Å². The molecule has 0 amide bonds. The highest BCUT2D eigenvalue weighted by molar-refractivity contribution is 8.01. The summed E-state index contributed by atoms with van der Waals surface area (Å²) >= 11 is 3.19. The monoisotopic (exact) mass is 359 g/mol. The highest BCUT2D eigenvalue weighted by Gasteiger charge is 2.20. The molecule has 0 saturated heterocycles. The molecule has 19 heavy (non-hydrogen) atoms. The summed E-state index contributed by atoms with van der Waals surface area (Å²) in [5, 5.41) is 0. The molecule has 0 radical (unpaired) electrons. The Balaban J connectivity index is 0.00000180. The number of fused-ring (bicyclic) bond motifs is 1. The van der Waals surface area contributed by atoms with Gasteiger partial charge in [-0.2, -0.15) is 4.57 Å². The Kier molecular flexibility index (Phi) is 6.54. The van der Waals surface area contributed by atoms with E-state index in [-0.39, 0.29) is 23.0 Å². The zero-order valence-corrected chi connectivity index (χ0v) is 13.7. The standard InChI is InChI=1S/C13H14NO2S2.BrH/c1-3-8-14-10-6-4-5-7-11(10)18-13(14)17-9-12(15)16-2;/h3-7H,1,8-9H2,2H3;1H/q+1;/p-1. The van der Waals surface area contributed by atoms with E-state index in [0.29, 0.717) is 5.75 Å². The summed E-state index contributed by atoms with van der Waals surface area (Å²) in [5.74, 6) is 0.128. The molecular weight excluding hydrogens is 346 g/mol. The number of nitrogens with zero attached hydrogens (tertiary/aromatic N) is 1. The minimum Gasteiger partial charge on any atom is -1.00 e. The molecule has 1 aromatic carbocycles. The van der Waals surface area contributed by atoms with Gasteiger partial charge in [0.2, 0.25) is 5.52 Å². The lowest BCUT2D eigenvalue weighted by Gasteiger charge is -1.96. The van der Waals surface area contributed by atoms with Crippen LogP contribution >= 0.6 is 23.1 Å². The number of esters is 1. The number of hydrogen-bond donors (Lipinski definition) is 0. The van der Waals surface area contributed by atoms with Crippen LogP contribution < -0.4 is 21.5 Å². The first-order valence-corrected chi connectivity index (χ1v) is 7.28. The number of thiazole rings is 1. The van der Waals surface area contributed by atoms with Crippen molar-refractivity contribution in [3.63, 3.8) is 0 Å². The van der Waals surface area contributed by atoms with E-state index >= 15 is 0 Å². The average molecular weight is 360 g/mol. The van der Waals surface area contributed by atoms with Crippen LogP contribution in [-0.4, -0.2) is 18.8 Å². The molecule has 0 bridgehead atoms. The van der Waals surface area contributed by atoms with Gasteiger partial charge in [0.15, 0.2) is 6.54 Å². The van der Waals surface area contributed by atoms with Gasteiger partial charge in [-0.25, -0.2) is 0 Å². The fourth-order valence-corrected chi connectivity index (χ4v) is 3.87. The first-order chi connectivity index (χ1) is 8.76. The van der Waals surface area contributed by atoms with Gasteiger partial charge in [0, 0.05) is 6.07 Å². The zero-order valence-electron chi connectivity index (χ0n) is 10.5. The lowest BCUT2D eigenvalue weighted by atomic mass is 10.3. The van der Waals surface area contributed by atoms with Gasteiger partial charge in [-0.15, -0.1) is 0 Å². The molecule has 0 unspecified atom stereocenters. The summed E-state index contributed by atoms with van der Waals surface area (Å²) < 4.78 is 9.14. The normalized spacial score (nSPS) is 9.95. The van der Waals surface area contributed by atoms with E-state index in [0.717, 1.165) is 10.9 Å². The molecule has 0 N–H and O–H groups in total. The summed E-state index contributed by atoms with van der Waals surface area (Å²) in [4.78, 5) is 11.2. The van der Waals surface area contributed by atoms with Crippen LogP contribution in [0.1, 0.15) is 0 Å². The molecule has 0 aliphatic rings. The van der Waals surface area contributed by atoms with Gasteiger partial charge in [0.05, 0.1) is 7.11 Å². The molecule has 2 aromatic rings. The predicted octanol–water partition coefficient (Wildman–Crippen LogP) is -0.356. The third-order valence-electron chi connectivity index (χ3n) is 2.43. The summed E-state index contributed by atoms with van der Waals surface area (Å²) in [6.45, 7) is 4.52. The SMILES string of the molecule is C=CC[n+]1c(SCC(=O)OC)sc2ccccc21.[Br-]. The number of hydrogen-bond acceptors (Lipinski definition) is 4. The van der Waals surface area contributed by atoms with Crippen LogP contribution in [0.4, 0.5) is 0 Å². The molecule has 2 rings (SSSR count). The van der Waals surface area contributed by atoms with Crippen molar-refractivity contribution in [3.8, 4) is 0 Å². The number of rotatable bonds is 5. The average Bonchev–Trinajstić information content (AvgIpc) is 2.75. The molecule has 6 heteroatoms. The van der Waals surface area contributed by atoms with Gasteiger partial charge in [-0.1, -0.05) is 30.0 Å². The van der Waals surface area contributed by atoms with Crippen LogP contribution in [0.3, 0.4) is 0 Å². The molecule has 0 aliphatic heterocycles. The van der Waals surface area contributed by atoms with Crippen molar-refractivity contribution < 1.29 is 31.1 Å². The van der Waals surface area contributed by atoms with Crippen molar-refractivity contribution in [2.45, 2.75) is 10.9 Å². The molecule has 0 aliphatic carbocycles. The second-order valence-electron chi connectivity index (χ2n) is 3.60. The number of carbonyl (C=O) groups excluding carboxylic acids is 1. The summed E-state index contributed by atoms with van der Waals surface area (Å²) in [7, 11) is 1.41. The molecule has 0 fully saturated rings. The summed E-state index contributed by atoms with van der Waals surface area (Å²) in [6.07, 6.45) is 1.86. The van der Waals surface area contributed by atoms with E-state index in [1.165, 1.54) is 29.1 Å². The molecule has 0 spiro atoms. The van der Waals surface area contributed by atoms with Crippen LogP contribution in [0.2, 0.25) is 0 Å². The Morgan fingerprint density at radius 1 is 1.53 bits per heavy atom. The maximum Gasteiger partial charge on any atom is 0.316 e. The lowest BCUT2D eigenvalue weighted by Crippen LogP contribution is -3.00. The Hall–Kier alpha value is -0.850. The van der Waals surface area contributed by atoms with E-state index in [4.69, 9.17) is 0 Å².